The van der Waals surface area contributed by atoms with Gasteiger partial charge in [0, 0.05) is 0 Å². The van der Waals surface area contributed by atoms with Crippen LogP contribution in [-0.2, 0) is 0 Å². The van der Waals surface area contributed by atoms with Gasteiger partial charge in [0.1, 0.15) is 19.7 Å². The minimum atomic E-state index is -0.0104. The van der Waals surface area contributed by atoms with Crippen LogP contribution in [0.15, 0.2) is 4.99 Å². The summed E-state index contributed by atoms with van der Waals surface area (Å²) in [5.74, 6) is 0. The number of rotatable bonds is 1. The second-order valence-corrected chi connectivity index (χ2v) is 1.23. The van der Waals surface area contributed by atoms with Crippen molar-refractivity contribution in [3.63, 3.8) is 0 Å². The first-order valence-corrected chi connectivity index (χ1v) is 2.04. The Morgan fingerprint density at radius 3 is 3.14 bits per heavy atom. The van der Waals surface area contributed by atoms with Crippen molar-refractivity contribution in [3.8, 4) is 0 Å². The molecule has 0 fully saturated rings. The van der Waals surface area contributed by atoms with E-state index in [0.29, 0.717) is 6.67 Å². The van der Waals surface area contributed by atoms with Gasteiger partial charge < -0.3 is 5.11 Å². The van der Waals surface area contributed by atoms with Gasteiger partial charge in [-0.15, -0.1) is 0 Å². The SMILES string of the molecule is OCN1C=NCN1. The minimum Gasteiger partial charge on any atom is -0.375 e. The Morgan fingerprint density at radius 1 is 2.00 bits per heavy atom. The molecule has 2 N–H and O–H groups in total. The molecular formula is C3H7N3O. The van der Waals surface area contributed by atoms with Crippen molar-refractivity contribution >= 4 is 6.34 Å². The first-order chi connectivity index (χ1) is 3.43. The summed E-state index contributed by atoms with van der Waals surface area (Å²) in [6, 6.07) is 0. The van der Waals surface area contributed by atoms with Crippen molar-refractivity contribution in [2.45, 2.75) is 0 Å². The van der Waals surface area contributed by atoms with Crippen LogP contribution in [0, 0.1) is 0 Å². The Kier molecular flexibility index (Phi) is 1.24. The summed E-state index contributed by atoms with van der Waals surface area (Å²) in [4.78, 5) is 3.77. The van der Waals surface area contributed by atoms with Crippen molar-refractivity contribution in [1.82, 2.24) is 10.4 Å². The molecule has 7 heavy (non-hydrogen) atoms. The van der Waals surface area contributed by atoms with E-state index in [2.05, 4.69) is 10.4 Å². The number of nitrogens with one attached hydrogen (secondary N) is 1. The Hall–Kier alpha value is -0.610. The summed E-state index contributed by atoms with van der Waals surface area (Å²) < 4.78 is 0. The summed E-state index contributed by atoms with van der Waals surface area (Å²) in [6.45, 7) is 0.573. The highest BCUT2D eigenvalue weighted by Crippen LogP contribution is 1.80. The second-order valence-electron chi connectivity index (χ2n) is 1.23. The number of aliphatic hydroxyl groups is 1. The van der Waals surface area contributed by atoms with Gasteiger partial charge in [-0.3, -0.25) is 10.0 Å². The summed E-state index contributed by atoms with van der Waals surface area (Å²) in [6.07, 6.45) is 1.56. The van der Waals surface area contributed by atoms with Gasteiger partial charge in [-0.2, -0.15) is 0 Å². The highest BCUT2D eigenvalue weighted by atomic mass is 16.3. The smallest absolute Gasteiger partial charge is 0.131 e. The lowest BCUT2D eigenvalue weighted by Gasteiger charge is -2.07. The Bertz CT molecular complexity index is 82.2. The molecule has 1 aliphatic rings. The van der Waals surface area contributed by atoms with Crippen molar-refractivity contribution in [3.05, 3.63) is 0 Å². The molecule has 0 aromatic heterocycles. The van der Waals surface area contributed by atoms with E-state index in [0.717, 1.165) is 0 Å². The molecule has 1 aliphatic heterocycles. The highest BCUT2D eigenvalue weighted by Gasteiger charge is 1.98. The molecule has 0 bridgehead atoms. The first kappa shape index (κ1) is 4.55. The van der Waals surface area contributed by atoms with E-state index in [1.165, 1.54) is 5.01 Å². The lowest BCUT2D eigenvalue weighted by atomic mass is 11.1. The number of nitrogens with zero attached hydrogens (tertiary/aromatic N) is 2. The van der Waals surface area contributed by atoms with Gasteiger partial charge in [-0.05, 0) is 0 Å². The summed E-state index contributed by atoms with van der Waals surface area (Å²) in [5.41, 5.74) is 2.77. The van der Waals surface area contributed by atoms with Crippen LogP contribution in [0.5, 0.6) is 0 Å². The quantitative estimate of drug-likeness (QED) is 0.433. The maximum Gasteiger partial charge on any atom is 0.131 e. The maximum atomic E-state index is 8.34. The predicted octanol–water partition coefficient (Wildman–Crippen LogP) is -1.26. The van der Waals surface area contributed by atoms with Crippen LogP contribution in [0.2, 0.25) is 0 Å². The van der Waals surface area contributed by atoms with E-state index in [9.17, 15) is 0 Å². The van der Waals surface area contributed by atoms with E-state index >= 15 is 0 Å². The number of aliphatic imine (C=N–C) groups is 1. The van der Waals surface area contributed by atoms with Crippen LogP contribution in [0.3, 0.4) is 0 Å². The van der Waals surface area contributed by atoms with Crippen molar-refractivity contribution in [1.29, 1.82) is 0 Å². The molecular weight excluding hydrogens is 94.1 g/mol. The molecule has 0 aliphatic carbocycles. The average Bonchev–Trinajstić information content (AvgIpc) is 2.14. The zero-order chi connectivity index (χ0) is 5.11. The Morgan fingerprint density at radius 2 is 2.86 bits per heavy atom. The van der Waals surface area contributed by atoms with Crippen LogP contribution in [0.4, 0.5) is 0 Å². The second kappa shape index (κ2) is 1.90. The lowest BCUT2D eigenvalue weighted by molar-refractivity contribution is 0.144. The van der Waals surface area contributed by atoms with E-state index in [4.69, 9.17) is 5.11 Å². The molecule has 0 radical (unpaired) electrons. The molecule has 0 atom stereocenters. The fourth-order valence-corrected chi connectivity index (χ4v) is 0.398. The zero-order valence-electron chi connectivity index (χ0n) is 3.83. The first-order valence-electron chi connectivity index (χ1n) is 2.04. The van der Waals surface area contributed by atoms with Gasteiger partial charge in [0.05, 0.1) is 0 Å². The van der Waals surface area contributed by atoms with Crippen LogP contribution in [-0.4, -0.2) is 29.9 Å². The van der Waals surface area contributed by atoms with Gasteiger partial charge >= 0.3 is 0 Å². The molecule has 4 heteroatoms. The van der Waals surface area contributed by atoms with Gasteiger partial charge in [-0.25, -0.2) is 5.43 Å². The average molecular weight is 101 g/mol. The molecule has 0 spiro atoms. The van der Waals surface area contributed by atoms with E-state index in [1.54, 1.807) is 6.34 Å². The molecule has 0 aromatic carbocycles. The van der Waals surface area contributed by atoms with Crippen molar-refractivity contribution in [2.24, 2.45) is 4.99 Å². The zero-order valence-corrected chi connectivity index (χ0v) is 3.83. The number of hydrogen-bond acceptors (Lipinski definition) is 4. The van der Waals surface area contributed by atoms with Crippen LogP contribution in [0.25, 0.3) is 0 Å². The van der Waals surface area contributed by atoms with Crippen LogP contribution >= 0.6 is 0 Å². The van der Waals surface area contributed by atoms with Crippen molar-refractivity contribution < 1.29 is 5.11 Å². The molecule has 1 rings (SSSR count). The molecule has 40 valence electrons. The summed E-state index contributed by atoms with van der Waals surface area (Å²) in [5, 5.41) is 9.84. The van der Waals surface area contributed by atoms with Gasteiger partial charge in [0.25, 0.3) is 0 Å². The normalized spacial score (nSPS) is 18.7. The van der Waals surface area contributed by atoms with Crippen molar-refractivity contribution in [2.75, 3.05) is 13.4 Å². The largest absolute Gasteiger partial charge is 0.375 e. The maximum absolute atomic E-state index is 8.34. The minimum absolute atomic E-state index is 0.0104. The topological polar surface area (TPSA) is 47.9 Å². The highest BCUT2D eigenvalue weighted by molar-refractivity contribution is 5.55. The molecule has 1 heterocycles. The van der Waals surface area contributed by atoms with Gasteiger partial charge in [-0.1, -0.05) is 0 Å². The molecule has 4 nitrogen and oxygen atoms in total. The van der Waals surface area contributed by atoms with Gasteiger partial charge in [0.2, 0.25) is 0 Å². The molecule has 0 amide bonds. The van der Waals surface area contributed by atoms with Crippen LogP contribution < -0.4 is 5.43 Å². The standard InChI is InChI=1S/C3H7N3O/c7-3-6-2-4-1-5-6/h2,5,7H,1,3H2. The summed E-state index contributed by atoms with van der Waals surface area (Å²) in [7, 11) is 0. The monoisotopic (exact) mass is 101 g/mol. The summed E-state index contributed by atoms with van der Waals surface area (Å²) >= 11 is 0. The van der Waals surface area contributed by atoms with E-state index in [1.807, 2.05) is 0 Å². The number of hydrogen-bond donors (Lipinski definition) is 2. The molecule has 0 unspecified atom stereocenters. The van der Waals surface area contributed by atoms with Crippen LogP contribution in [0.1, 0.15) is 0 Å². The predicted molar refractivity (Wildman–Crippen MR) is 25.4 cm³/mol. The molecule has 0 aromatic rings. The third-order valence-electron chi connectivity index (χ3n) is 0.738. The number of aliphatic hydroxyl groups excluding tert-OH is 1. The fraction of sp³-hybridized carbons (Fsp3) is 0.667. The Labute approximate surface area is 41.4 Å². The Balaban J connectivity index is 2.28. The van der Waals surface area contributed by atoms with E-state index < -0.39 is 0 Å². The lowest BCUT2D eigenvalue weighted by Crippen LogP contribution is -2.31. The third kappa shape index (κ3) is 0.880. The fourth-order valence-electron chi connectivity index (χ4n) is 0.398. The molecule has 0 saturated heterocycles. The van der Waals surface area contributed by atoms with E-state index in [-0.39, 0.29) is 6.73 Å². The third-order valence-corrected chi connectivity index (χ3v) is 0.738. The molecule has 0 saturated carbocycles. The number of hydrazine groups is 1. The van der Waals surface area contributed by atoms with Gasteiger partial charge in [0.15, 0.2) is 0 Å².